The Hall–Kier alpha value is -2.06. The van der Waals surface area contributed by atoms with Crippen LogP contribution in [-0.2, 0) is 4.79 Å². The number of carboxylic acid groups (broad SMARTS) is 1. The maximum Gasteiger partial charge on any atom is 0.317 e. The number of rotatable bonds is 8. The monoisotopic (exact) mass is 379 g/mol. The van der Waals surface area contributed by atoms with E-state index in [9.17, 15) is 14.7 Å². The smallest absolute Gasteiger partial charge is 0.317 e. The molecule has 0 radical (unpaired) electrons. The van der Waals surface area contributed by atoms with E-state index < -0.39 is 12.1 Å². The zero-order valence-electron chi connectivity index (χ0n) is 15.7. The summed E-state index contributed by atoms with van der Waals surface area (Å²) >= 11 is 0. The summed E-state index contributed by atoms with van der Waals surface area (Å²) in [6, 6.07) is 3.70. The maximum absolute atomic E-state index is 12.7. The van der Waals surface area contributed by atoms with Gasteiger partial charge < -0.3 is 24.8 Å². The molecule has 1 aromatic rings. The van der Waals surface area contributed by atoms with E-state index in [1.165, 1.54) is 6.26 Å². The Bertz CT molecular complexity index is 629. The third-order valence-electron chi connectivity index (χ3n) is 5.71. The molecule has 1 saturated heterocycles. The highest BCUT2D eigenvalue weighted by molar-refractivity contribution is 5.75. The molecule has 1 aliphatic heterocycles. The molecular formula is C19H29N3O5. The Labute approximate surface area is 159 Å². The van der Waals surface area contributed by atoms with Gasteiger partial charge in [-0.05, 0) is 44.4 Å². The lowest BCUT2D eigenvalue weighted by Crippen LogP contribution is -2.57. The molecule has 2 atom stereocenters. The molecule has 2 unspecified atom stereocenters. The van der Waals surface area contributed by atoms with E-state index in [1.54, 1.807) is 12.1 Å². The number of hydrogen-bond acceptors (Lipinski definition) is 5. The number of nitrogens with one attached hydrogen (secondary N) is 1. The van der Waals surface area contributed by atoms with Crippen LogP contribution in [0.2, 0.25) is 0 Å². The van der Waals surface area contributed by atoms with Gasteiger partial charge in [-0.1, -0.05) is 6.92 Å². The predicted octanol–water partition coefficient (Wildman–Crippen LogP) is 1.81. The SMILES string of the molecule is CCN(CC(=O)O)C1CC(NC(=O)N2CCCC2CC(O)c2ccco2)C1. The number of likely N-dealkylation sites (tertiary alicyclic amines) is 1. The lowest BCUT2D eigenvalue weighted by molar-refractivity contribution is -0.139. The van der Waals surface area contributed by atoms with Crippen LogP contribution in [0.4, 0.5) is 4.79 Å². The highest BCUT2D eigenvalue weighted by Gasteiger charge is 2.37. The number of urea groups is 1. The summed E-state index contributed by atoms with van der Waals surface area (Å²) in [4.78, 5) is 27.3. The highest BCUT2D eigenvalue weighted by atomic mass is 16.4. The van der Waals surface area contributed by atoms with Gasteiger partial charge in [0.05, 0.1) is 12.8 Å². The third-order valence-corrected chi connectivity index (χ3v) is 5.71. The summed E-state index contributed by atoms with van der Waals surface area (Å²) < 4.78 is 5.25. The van der Waals surface area contributed by atoms with Crippen molar-refractivity contribution < 1.29 is 24.2 Å². The van der Waals surface area contributed by atoms with E-state index in [-0.39, 0.29) is 30.7 Å². The molecule has 1 aliphatic carbocycles. The Balaban J connectivity index is 1.46. The number of aliphatic hydroxyl groups excluding tert-OH is 1. The van der Waals surface area contributed by atoms with Gasteiger partial charge in [-0.15, -0.1) is 0 Å². The molecule has 3 rings (SSSR count). The fourth-order valence-corrected chi connectivity index (χ4v) is 4.14. The Morgan fingerprint density at radius 2 is 2.22 bits per heavy atom. The van der Waals surface area contributed by atoms with E-state index in [0.717, 1.165) is 25.7 Å². The van der Waals surface area contributed by atoms with Gasteiger partial charge in [-0.3, -0.25) is 9.69 Å². The molecule has 2 heterocycles. The van der Waals surface area contributed by atoms with Crippen LogP contribution in [-0.4, -0.2) is 69.8 Å². The van der Waals surface area contributed by atoms with Gasteiger partial charge in [0.2, 0.25) is 0 Å². The van der Waals surface area contributed by atoms with Crippen LogP contribution in [0.15, 0.2) is 22.8 Å². The fourth-order valence-electron chi connectivity index (χ4n) is 4.14. The van der Waals surface area contributed by atoms with Crippen molar-refractivity contribution in [2.45, 2.75) is 63.3 Å². The Kier molecular flexibility index (Phi) is 6.38. The van der Waals surface area contributed by atoms with Crippen LogP contribution in [0.5, 0.6) is 0 Å². The molecule has 1 saturated carbocycles. The quantitative estimate of drug-likeness (QED) is 0.636. The molecule has 2 amide bonds. The number of likely N-dealkylation sites (N-methyl/N-ethyl adjacent to an activating group) is 1. The van der Waals surface area contributed by atoms with Gasteiger partial charge in [0.1, 0.15) is 11.9 Å². The minimum atomic E-state index is -0.820. The van der Waals surface area contributed by atoms with Crippen LogP contribution in [0.1, 0.15) is 50.9 Å². The van der Waals surface area contributed by atoms with Crippen LogP contribution in [0.25, 0.3) is 0 Å². The van der Waals surface area contributed by atoms with Gasteiger partial charge in [0, 0.05) is 31.1 Å². The minimum absolute atomic E-state index is 0.000115. The molecular weight excluding hydrogens is 350 g/mol. The number of carbonyl (C=O) groups is 2. The average Bonchev–Trinajstić information content (AvgIpc) is 3.27. The molecule has 0 aromatic carbocycles. The maximum atomic E-state index is 12.7. The summed E-state index contributed by atoms with van der Waals surface area (Å²) in [5, 5.41) is 22.3. The fraction of sp³-hybridized carbons (Fsp3) is 0.684. The molecule has 1 aromatic heterocycles. The molecule has 2 fully saturated rings. The number of amides is 2. The summed E-state index contributed by atoms with van der Waals surface area (Å²) in [6.45, 7) is 3.38. The van der Waals surface area contributed by atoms with Crippen LogP contribution >= 0.6 is 0 Å². The van der Waals surface area contributed by atoms with E-state index >= 15 is 0 Å². The summed E-state index contributed by atoms with van der Waals surface area (Å²) in [6.07, 6.45) is 4.66. The number of hydrogen-bond donors (Lipinski definition) is 3. The number of carbonyl (C=O) groups excluding carboxylic acids is 1. The van der Waals surface area contributed by atoms with Crippen molar-refractivity contribution in [3.63, 3.8) is 0 Å². The van der Waals surface area contributed by atoms with Crippen molar-refractivity contribution in [1.29, 1.82) is 0 Å². The number of carboxylic acids is 1. The molecule has 8 nitrogen and oxygen atoms in total. The average molecular weight is 379 g/mol. The van der Waals surface area contributed by atoms with Gasteiger partial charge in [-0.25, -0.2) is 4.79 Å². The largest absolute Gasteiger partial charge is 0.480 e. The normalized spacial score (nSPS) is 26.0. The van der Waals surface area contributed by atoms with Crippen LogP contribution in [0, 0.1) is 0 Å². The lowest BCUT2D eigenvalue weighted by Gasteiger charge is -2.43. The van der Waals surface area contributed by atoms with Crippen molar-refractivity contribution in [2.24, 2.45) is 0 Å². The first-order valence-corrected chi connectivity index (χ1v) is 9.72. The van der Waals surface area contributed by atoms with Crippen molar-refractivity contribution in [2.75, 3.05) is 19.6 Å². The molecule has 150 valence electrons. The first-order valence-electron chi connectivity index (χ1n) is 9.72. The van der Waals surface area contributed by atoms with E-state index in [4.69, 9.17) is 9.52 Å². The Morgan fingerprint density at radius 1 is 1.44 bits per heavy atom. The number of aliphatic carboxylic acids is 1. The predicted molar refractivity (Wildman–Crippen MR) is 98.2 cm³/mol. The second kappa shape index (κ2) is 8.75. The molecule has 0 spiro atoms. The van der Waals surface area contributed by atoms with Crippen molar-refractivity contribution >= 4 is 12.0 Å². The summed E-state index contributed by atoms with van der Waals surface area (Å²) in [7, 11) is 0. The van der Waals surface area contributed by atoms with Gasteiger partial charge in [0.25, 0.3) is 0 Å². The van der Waals surface area contributed by atoms with Crippen LogP contribution in [0.3, 0.4) is 0 Å². The zero-order valence-corrected chi connectivity index (χ0v) is 15.7. The Morgan fingerprint density at radius 3 is 2.85 bits per heavy atom. The highest BCUT2D eigenvalue weighted by Crippen LogP contribution is 2.29. The van der Waals surface area contributed by atoms with Crippen molar-refractivity contribution in [3.8, 4) is 0 Å². The van der Waals surface area contributed by atoms with Crippen molar-refractivity contribution in [1.82, 2.24) is 15.1 Å². The number of aliphatic hydroxyl groups is 1. The second-order valence-corrected chi connectivity index (χ2v) is 7.48. The molecule has 3 N–H and O–H groups in total. The van der Waals surface area contributed by atoms with Gasteiger partial charge in [-0.2, -0.15) is 0 Å². The standard InChI is InChI=1S/C19H29N3O5/c1-2-21(12-18(24)25)15-9-13(10-15)20-19(26)22-7-3-5-14(22)11-16(23)17-6-4-8-27-17/h4,6,8,13-16,23H,2-3,5,7,9-12H2,1H3,(H,20,26)(H,24,25). The summed E-state index contributed by atoms with van der Waals surface area (Å²) in [5.74, 6) is -0.290. The third kappa shape index (κ3) is 4.81. The first-order chi connectivity index (χ1) is 13.0. The van der Waals surface area contributed by atoms with Gasteiger partial charge >= 0.3 is 12.0 Å². The lowest BCUT2D eigenvalue weighted by atomic mass is 9.85. The molecule has 8 heteroatoms. The van der Waals surface area contributed by atoms with E-state index in [1.807, 2.05) is 16.7 Å². The minimum Gasteiger partial charge on any atom is -0.480 e. The van der Waals surface area contributed by atoms with Crippen LogP contribution < -0.4 is 5.32 Å². The van der Waals surface area contributed by atoms with Crippen molar-refractivity contribution in [3.05, 3.63) is 24.2 Å². The number of furan rings is 1. The van der Waals surface area contributed by atoms with E-state index in [2.05, 4.69) is 5.32 Å². The topological polar surface area (TPSA) is 106 Å². The zero-order chi connectivity index (χ0) is 19.4. The molecule has 0 bridgehead atoms. The first kappa shape index (κ1) is 19.7. The van der Waals surface area contributed by atoms with E-state index in [0.29, 0.717) is 25.3 Å². The number of nitrogens with zero attached hydrogens (tertiary/aromatic N) is 2. The molecule has 2 aliphatic rings. The molecule has 27 heavy (non-hydrogen) atoms. The van der Waals surface area contributed by atoms with Gasteiger partial charge in [0.15, 0.2) is 0 Å². The summed E-state index contributed by atoms with van der Waals surface area (Å²) in [5.41, 5.74) is 0. The second-order valence-electron chi connectivity index (χ2n) is 7.48.